The highest BCUT2D eigenvalue weighted by molar-refractivity contribution is 7.99. The van der Waals surface area contributed by atoms with E-state index in [1.54, 1.807) is 6.20 Å². The largest absolute Gasteiger partial charge is 0.344 e. The number of urea groups is 1. The summed E-state index contributed by atoms with van der Waals surface area (Å²) in [4.78, 5) is 41.7. The van der Waals surface area contributed by atoms with Crippen molar-refractivity contribution < 1.29 is 14.4 Å². The van der Waals surface area contributed by atoms with Gasteiger partial charge in [0.25, 0.3) is 5.91 Å². The summed E-state index contributed by atoms with van der Waals surface area (Å²) in [5, 5.41) is 4.29. The fourth-order valence-electron chi connectivity index (χ4n) is 3.91. The molecule has 152 valence electrons. The zero-order chi connectivity index (χ0) is 20.4. The van der Waals surface area contributed by atoms with E-state index in [0.29, 0.717) is 18.0 Å². The van der Waals surface area contributed by atoms with Crippen molar-refractivity contribution in [3.63, 3.8) is 0 Å². The number of amides is 4. The molecular weight excluding hydrogens is 390 g/mol. The fourth-order valence-corrected chi connectivity index (χ4v) is 4.65. The SMILES string of the molecule is Cn1c(-c2ccccc2)cnc1SCC(=O)NN1C(=O)NC2(CCCCC2)C1=O. The quantitative estimate of drug-likeness (QED) is 0.580. The first-order valence-electron chi connectivity index (χ1n) is 9.66. The Hall–Kier alpha value is -2.81. The van der Waals surface area contributed by atoms with Gasteiger partial charge in [-0.15, -0.1) is 0 Å². The van der Waals surface area contributed by atoms with E-state index in [1.165, 1.54) is 11.8 Å². The average molecular weight is 414 g/mol. The van der Waals surface area contributed by atoms with Gasteiger partial charge in [-0.05, 0) is 18.4 Å². The number of thioether (sulfide) groups is 1. The predicted molar refractivity (Wildman–Crippen MR) is 109 cm³/mol. The lowest BCUT2D eigenvalue weighted by Crippen LogP contribution is -2.51. The minimum atomic E-state index is -0.847. The third-order valence-electron chi connectivity index (χ3n) is 5.45. The topological polar surface area (TPSA) is 96.3 Å². The molecule has 1 aromatic carbocycles. The third-order valence-corrected chi connectivity index (χ3v) is 6.50. The van der Waals surface area contributed by atoms with Gasteiger partial charge in [0, 0.05) is 7.05 Å². The summed E-state index contributed by atoms with van der Waals surface area (Å²) >= 11 is 1.25. The second-order valence-electron chi connectivity index (χ2n) is 7.39. The van der Waals surface area contributed by atoms with Gasteiger partial charge in [0.1, 0.15) is 5.54 Å². The van der Waals surface area contributed by atoms with Gasteiger partial charge in [0.2, 0.25) is 5.91 Å². The van der Waals surface area contributed by atoms with Crippen LogP contribution in [-0.2, 0) is 16.6 Å². The second kappa shape index (κ2) is 7.90. The van der Waals surface area contributed by atoms with Crippen LogP contribution < -0.4 is 10.7 Å². The van der Waals surface area contributed by atoms with Crippen LogP contribution in [0.5, 0.6) is 0 Å². The Morgan fingerprint density at radius 1 is 1.21 bits per heavy atom. The summed E-state index contributed by atoms with van der Waals surface area (Å²) < 4.78 is 1.91. The standard InChI is InChI=1S/C20H23N5O3S/c1-24-15(14-8-4-2-5-9-14)12-21-19(24)29-13-16(26)23-25-17(27)20(22-18(25)28)10-6-3-7-11-20/h2,4-5,8-9,12H,3,6-7,10-11,13H2,1H3,(H,22,28)(H,23,26). The number of aromatic nitrogens is 2. The molecule has 1 aliphatic carbocycles. The average Bonchev–Trinajstić information content (AvgIpc) is 3.20. The first kappa shape index (κ1) is 19.5. The predicted octanol–water partition coefficient (Wildman–Crippen LogP) is 2.47. The highest BCUT2D eigenvalue weighted by atomic mass is 32.2. The lowest BCUT2D eigenvalue weighted by molar-refractivity contribution is -0.139. The van der Waals surface area contributed by atoms with Gasteiger partial charge < -0.3 is 9.88 Å². The number of imide groups is 1. The van der Waals surface area contributed by atoms with Gasteiger partial charge in [-0.3, -0.25) is 15.0 Å². The van der Waals surface area contributed by atoms with Crippen LogP contribution in [0.4, 0.5) is 4.79 Å². The first-order chi connectivity index (χ1) is 14.0. The molecule has 4 amide bonds. The molecule has 1 saturated carbocycles. The van der Waals surface area contributed by atoms with E-state index in [9.17, 15) is 14.4 Å². The molecule has 1 aromatic heterocycles. The van der Waals surface area contributed by atoms with Gasteiger partial charge in [0.05, 0.1) is 17.6 Å². The number of hydrazine groups is 1. The van der Waals surface area contributed by atoms with E-state index >= 15 is 0 Å². The number of imidazole rings is 1. The van der Waals surface area contributed by atoms with Crippen molar-refractivity contribution in [2.75, 3.05) is 5.75 Å². The molecule has 0 unspecified atom stereocenters. The Morgan fingerprint density at radius 3 is 2.66 bits per heavy atom. The minimum Gasteiger partial charge on any atom is -0.322 e. The van der Waals surface area contributed by atoms with Crippen LogP contribution in [0.1, 0.15) is 32.1 Å². The maximum atomic E-state index is 12.7. The maximum absolute atomic E-state index is 12.7. The lowest BCUT2D eigenvalue weighted by Gasteiger charge is -2.30. The smallest absolute Gasteiger partial charge is 0.322 e. The summed E-state index contributed by atoms with van der Waals surface area (Å²) in [5.74, 6) is -0.733. The van der Waals surface area contributed by atoms with Crippen molar-refractivity contribution in [2.24, 2.45) is 7.05 Å². The Bertz CT molecular complexity index is 937. The summed E-state index contributed by atoms with van der Waals surface area (Å²) in [7, 11) is 1.89. The Balaban J connectivity index is 1.37. The molecule has 0 radical (unpaired) electrons. The third kappa shape index (κ3) is 3.74. The summed E-state index contributed by atoms with van der Waals surface area (Å²) in [6.07, 6.45) is 5.85. The van der Waals surface area contributed by atoms with Crippen molar-refractivity contribution in [1.29, 1.82) is 0 Å². The summed E-state index contributed by atoms with van der Waals surface area (Å²) in [5.41, 5.74) is 3.59. The monoisotopic (exact) mass is 413 g/mol. The van der Waals surface area contributed by atoms with Gasteiger partial charge >= 0.3 is 6.03 Å². The van der Waals surface area contributed by atoms with Crippen LogP contribution in [0.15, 0.2) is 41.7 Å². The van der Waals surface area contributed by atoms with E-state index in [2.05, 4.69) is 15.7 Å². The zero-order valence-corrected chi connectivity index (χ0v) is 17.0. The van der Waals surface area contributed by atoms with Crippen LogP contribution in [-0.4, -0.2) is 43.7 Å². The zero-order valence-electron chi connectivity index (χ0n) is 16.2. The number of benzene rings is 1. The molecule has 2 fully saturated rings. The minimum absolute atomic E-state index is 0.0448. The van der Waals surface area contributed by atoms with E-state index in [4.69, 9.17) is 0 Å². The summed E-state index contributed by atoms with van der Waals surface area (Å²) in [6.45, 7) is 0. The van der Waals surface area contributed by atoms with Crippen LogP contribution >= 0.6 is 11.8 Å². The molecule has 8 nitrogen and oxygen atoms in total. The maximum Gasteiger partial charge on any atom is 0.344 e. The van der Waals surface area contributed by atoms with Crippen LogP contribution in [0.3, 0.4) is 0 Å². The van der Waals surface area contributed by atoms with Crippen molar-refractivity contribution in [1.82, 2.24) is 25.3 Å². The van der Waals surface area contributed by atoms with Gasteiger partial charge in [-0.25, -0.2) is 9.78 Å². The fraction of sp³-hybridized carbons (Fsp3) is 0.400. The van der Waals surface area contributed by atoms with Crippen LogP contribution in [0, 0.1) is 0 Å². The molecule has 2 heterocycles. The number of nitrogens with one attached hydrogen (secondary N) is 2. The van der Waals surface area contributed by atoms with E-state index in [1.807, 2.05) is 41.9 Å². The normalized spacial score (nSPS) is 18.2. The number of carbonyl (C=O) groups excluding carboxylic acids is 3. The van der Waals surface area contributed by atoms with Crippen molar-refractivity contribution >= 4 is 29.6 Å². The molecule has 9 heteroatoms. The first-order valence-corrected chi connectivity index (χ1v) is 10.6. The highest BCUT2D eigenvalue weighted by Gasteiger charge is 2.52. The number of carbonyl (C=O) groups is 3. The molecule has 4 rings (SSSR count). The molecule has 2 aliphatic rings. The van der Waals surface area contributed by atoms with Crippen LogP contribution in [0.25, 0.3) is 11.3 Å². The molecule has 0 bridgehead atoms. The Kier molecular flexibility index (Phi) is 5.31. The van der Waals surface area contributed by atoms with Crippen molar-refractivity contribution in [2.45, 2.75) is 42.8 Å². The molecular formula is C20H23N5O3S. The van der Waals surface area contributed by atoms with E-state index in [-0.39, 0.29) is 11.7 Å². The molecule has 1 saturated heterocycles. The molecule has 1 aliphatic heterocycles. The van der Waals surface area contributed by atoms with E-state index in [0.717, 1.165) is 35.5 Å². The molecule has 29 heavy (non-hydrogen) atoms. The van der Waals surface area contributed by atoms with Crippen molar-refractivity contribution in [3.8, 4) is 11.3 Å². The van der Waals surface area contributed by atoms with Crippen LogP contribution in [0.2, 0.25) is 0 Å². The number of hydrogen-bond donors (Lipinski definition) is 2. The lowest BCUT2D eigenvalue weighted by atomic mass is 9.82. The van der Waals surface area contributed by atoms with E-state index < -0.39 is 17.5 Å². The highest BCUT2D eigenvalue weighted by Crippen LogP contribution is 2.33. The Labute approximate surface area is 173 Å². The molecule has 2 aromatic rings. The molecule has 0 atom stereocenters. The number of nitrogens with zero attached hydrogens (tertiary/aromatic N) is 3. The Morgan fingerprint density at radius 2 is 1.93 bits per heavy atom. The molecule has 2 N–H and O–H groups in total. The molecule has 1 spiro atoms. The van der Waals surface area contributed by atoms with Gasteiger partial charge in [-0.2, -0.15) is 5.01 Å². The van der Waals surface area contributed by atoms with Gasteiger partial charge in [0.15, 0.2) is 5.16 Å². The second-order valence-corrected chi connectivity index (χ2v) is 8.33. The van der Waals surface area contributed by atoms with Gasteiger partial charge in [-0.1, -0.05) is 61.4 Å². The van der Waals surface area contributed by atoms with Crippen molar-refractivity contribution in [3.05, 3.63) is 36.5 Å². The number of hydrogen-bond acceptors (Lipinski definition) is 5. The number of rotatable bonds is 5. The summed E-state index contributed by atoms with van der Waals surface area (Å²) in [6, 6.07) is 9.30.